The molecule has 6 nitrogen and oxygen atoms in total. The molecule has 0 unspecified atom stereocenters. The van der Waals surface area contributed by atoms with E-state index in [0.717, 1.165) is 12.2 Å². The lowest BCUT2D eigenvalue weighted by molar-refractivity contribution is 0.137. The van der Waals surface area contributed by atoms with Crippen LogP contribution in [0.4, 0.5) is 0 Å². The summed E-state index contributed by atoms with van der Waals surface area (Å²) >= 11 is 0. The van der Waals surface area contributed by atoms with E-state index in [9.17, 15) is 5.11 Å². The number of aryl methyl sites for hydroxylation is 1. The van der Waals surface area contributed by atoms with Crippen LogP contribution in [0.3, 0.4) is 0 Å². The number of hydrogen-bond acceptors (Lipinski definition) is 2. The van der Waals surface area contributed by atoms with Gasteiger partial charge in [0.05, 0.1) is 0 Å². The van der Waals surface area contributed by atoms with Gasteiger partial charge in [0, 0.05) is 0 Å². The number of hydrogen-bond donors (Lipinski definition) is 3. The molecule has 0 aromatic heterocycles. The molecule has 0 amide bonds. The Hall–Kier alpha value is -0.910. The molecule has 0 bridgehead atoms. The van der Waals surface area contributed by atoms with Crippen LogP contribution in [0, 0.1) is 0 Å². The van der Waals surface area contributed by atoms with Gasteiger partial charge in [0.1, 0.15) is 19.0 Å². The van der Waals surface area contributed by atoms with Gasteiger partial charge in [0.25, 0.3) is 0 Å². The Morgan fingerprint density at radius 3 is 2.08 bits per heavy atom. The molecular weight excluding hydrogens is 331 g/mol. The number of phosphoric acid groups is 1. The minimum atomic E-state index is -4.64. The summed E-state index contributed by atoms with van der Waals surface area (Å²) in [5, 5.41) is 10.5. The first kappa shape index (κ1) is 23.1. The third-order valence-electron chi connectivity index (χ3n) is 3.36. The Kier molecular flexibility index (Phi) is 13.9. The fourth-order valence-electron chi connectivity index (χ4n) is 2.28. The molecule has 3 N–H and O–H groups in total. The number of benzene rings is 1. The molecule has 0 spiro atoms. The van der Waals surface area contributed by atoms with Crippen LogP contribution in [0.25, 0.3) is 0 Å². The van der Waals surface area contributed by atoms with E-state index in [2.05, 4.69) is 13.0 Å². The zero-order valence-corrected chi connectivity index (χ0v) is 15.3. The highest BCUT2D eigenvalue weighted by Crippen LogP contribution is 2.25. The van der Waals surface area contributed by atoms with Gasteiger partial charge in [-0.3, -0.25) is 0 Å². The van der Waals surface area contributed by atoms with Crippen molar-refractivity contribution in [1.82, 2.24) is 0 Å². The van der Waals surface area contributed by atoms with Crippen molar-refractivity contribution in [2.75, 3.05) is 13.2 Å². The second-order valence-corrected chi connectivity index (χ2v) is 6.57. The molecular formula is C17H30O6P. The molecule has 0 atom stereocenters. The van der Waals surface area contributed by atoms with Crippen molar-refractivity contribution in [2.45, 2.75) is 58.3 Å². The highest BCUT2D eigenvalue weighted by atomic mass is 31.2. The molecule has 0 saturated carbocycles. The molecule has 24 heavy (non-hydrogen) atoms. The van der Waals surface area contributed by atoms with Crippen LogP contribution in [-0.4, -0.2) is 27.9 Å². The van der Waals surface area contributed by atoms with Crippen molar-refractivity contribution in [3.05, 3.63) is 29.8 Å². The van der Waals surface area contributed by atoms with Crippen LogP contribution in [-0.2, 0) is 16.1 Å². The van der Waals surface area contributed by atoms with Gasteiger partial charge in [-0.1, -0.05) is 63.6 Å². The van der Waals surface area contributed by atoms with Crippen LogP contribution < -0.4 is 4.74 Å². The van der Waals surface area contributed by atoms with Gasteiger partial charge in [-0.25, -0.2) is 9.67 Å². The first-order valence-corrected chi connectivity index (χ1v) is 10.0. The zero-order valence-electron chi connectivity index (χ0n) is 14.4. The molecule has 139 valence electrons. The van der Waals surface area contributed by atoms with Crippen molar-refractivity contribution in [2.24, 2.45) is 0 Å². The van der Waals surface area contributed by atoms with Crippen molar-refractivity contribution >= 4 is 7.82 Å². The number of para-hydroxylation sites is 1. The Bertz CT molecular complexity index is 452. The van der Waals surface area contributed by atoms with Crippen molar-refractivity contribution in [1.29, 1.82) is 0 Å². The minimum Gasteiger partial charge on any atom is -0.491 e. The maximum Gasteiger partial charge on any atom is 0.466 e. The molecule has 0 aliphatic carbocycles. The molecule has 1 aromatic rings. The Labute approximate surface area is 144 Å². The maximum absolute atomic E-state index is 10.5. The summed E-state index contributed by atoms with van der Waals surface area (Å²) in [5.41, 5.74) is 1.24. The van der Waals surface area contributed by atoms with Gasteiger partial charge in [-0.15, -0.1) is 0 Å². The Morgan fingerprint density at radius 2 is 1.50 bits per heavy atom. The number of ether oxygens (including phenoxy) is 1. The van der Waals surface area contributed by atoms with Crippen LogP contribution in [0.5, 0.6) is 5.75 Å². The largest absolute Gasteiger partial charge is 0.491 e. The Balaban J connectivity index is 0.000000922. The third kappa shape index (κ3) is 16.0. The second kappa shape index (κ2) is 14.4. The van der Waals surface area contributed by atoms with Gasteiger partial charge >= 0.3 is 7.82 Å². The summed E-state index contributed by atoms with van der Waals surface area (Å²) < 4.78 is 14.4. The van der Waals surface area contributed by atoms with Gasteiger partial charge < -0.3 is 19.4 Å². The van der Waals surface area contributed by atoms with Crippen molar-refractivity contribution in [3.8, 4) is 5.75 Å². The summed E-state index contributed by atoms with van der Waals surface area (Å²) in [6.45, 7) is 2.35. The van der Waals surface area contributed by atoms with E-state index < -0.39 is 7.82 Å². The second-order valence-electron chi connectivity index (χ2n) is 5.54. The van der Waals surface area contributed by atoms with Crippen LogP contribution >= 0.6 is 7.82 Å². The van der Waals surface area contributed by atoms with E-state index in [-0.39, 0.29) is 13.2 Å². The predicted molar refractivity (Wildman–Crippen MR) is 93.5 cm³/mol. The van der Waals surface area contributed by atoms with Gasteiger partial charge in [-0.05, 0) is 24.5 Å². The summed E-state index contributed by atoms with van der Waals surface area (Å²) in [6.07, 6.45) is 10.3. The topological polar surface area (TPSA) is 107 Å². The fraction of sp³-hybridized carbons (Fsp3) is 0.647. The fourth-order valence-corrected chi connectivity index (χ4v) is 2.28. The highest BCUT2D eigenvalue weighted by Gasteiger charge is 2.02. The molecule has 1 aromatic carbocycles. The molecule has 0 saturated heterocycles. The smallest absolute Gasteiger partial charge is 0.466 e. The quantitative estimate of drug-likeness (QED) is 0.410. The molecule has 0 aliphatic rings. The van der Waals surface area contributed by atoms with E-state index in [1.807, 2.05) is 18.2 Å². The number of rotatable bonds is 11. The molecule has 1 radical (unpaired) electrons. The van der Waals surface area contributed by atoms with Crippen LogP contribution in [0.1, 0.15) is 57.4 Å². The van der Waals surface area contributed by atoms with Gasteiger partial charge in [0.2, 0.25) is 0 Å². The molecule has 1 rings (SSSR count). The lowest BCUT2D eigenvalue weighted by Crippen LogP contribution is -2.03. The normalized spacial score (nSPS) is 10.9. The highest BCUT2D eigenvalue weighted by molar-refractivity contribution is 7.45. The lowest BCUT2D eigenvalue weighted by Gasteiger charge is -2.10. The monoisotopic (exact) mass is 361 g/mol. The maximum atomic E-state index is 10.5. The average Bonchev–Trinajstić information content (AvgIpc) is 2.51. The van der Waals surface area contributed by atoms with Gasteiger partial charge in [0.15, 0.2) is 0 Å². The average molecular weight is 361 g/mol. The predicted octanol–water partition coefficient (Wildman–Crippen LogP) is 3.86. The van der Waals surface area contributed by atoms with Gasteiger partial charge in [-0.2, -0.15) is 0 Å². The van der Waals surface area contributed by atoms with Crippen LogP contribution in [0.15, 0.2) is 24.3 Å². The van der Waals surface area contributed by atoms with E-state index in [4.69, 9.17) is 24.0 Å². The van der Waals surface area contributed by atoms with Crippen molar-refractivity contribution in [3.63, 3.8) is 0 Å². The van der Waals surface area contributed by atoms with E-state index in [1.165, 1.54) is 50.5 Å². The zero-order chi connectivity index (χ0) is 18.3. The molecule has 0 aliphatic heterocycles. The first-order chi connectivity index (χ1) is 11.4. The van der Waals surface area contributed by atoms with E-state index in [1.54, 1.807) is 0 Å². The summed E-state index contributed by atoms with van der Waals surface area (Å²) in [6, 6.07) is 8.08. The van der Waals surface area contributed by atoms with E-state index >= 15 is 0 Å². The summed E-state index contributed by atoms with van der Waals surface area (Å²) in [4.78, 5) is 21.6. The van der Waals surface area contributed by atoms with E-state index in [0.29, 0.717) is 0 Å². The standard InChI is InChI=1S/C17H27O2.H3O4P/c1-2-3-4-5-6-7-8-11-16-12-9-10-13-17(16)19-15-14-18;1-5(2,3)4/h9-10,12-13H,2-8,11,14-15H2,1H3;(H3,1,2,3,4). The summed E-state index contributed by atoms with van der Waals surface area (Å²) in [7, 11) is -4.64. The van der Waals surface area contributed by atoms with Crippen LogP contribution in [0.2, 0.25) is 0 Å². The first-order valence-electron chi connectivity index (χ1n) is 8.45. The minimum absolute atomic E-state index is 0.175. The van der Waals surface area contributed by atoms with Crippen molar-refractivity contribution < 1.29 is 29.1 Å². The molecule has 0 heterocycles. The summed E-state index contributed by atoms with van der Waals surface area (Å²) in [5.74, 6) is 0.893. The third-order valence-corrected chi connectivity index (χ3v) is 3.36. The number of unbranched alkanes of at least 4 members (excludes halogenated alkanes) is 6. The Morgan fingerprint density at radius 1 is 0.958 bits per heavy atom. The SMILES string of the molecule is CCCCCCCCCc1ccccc1OCC[O].O=P(O)(O)O. The lowest BCUT2D eigenvalue weighted by atomic mass is 10.0. The molecule has 0 fully saturated rings. The molecule has 7 heteroatoms.